The van der Waals surface area contributed by atoms with Crippen LogP contribution in [0.4, 0.5) is 5.69 Å². The molecule has 14 heteroatoms. The lowest BCUT2D eigenvalue weighted by Gasteiger charge is -2.27. The molecule has 2 heterocycles. The number of carbonyl (C=O) groups excluding carboxylic acids is 4. The highest BCUT2D eigenvalue weighted by Gasteiger charge is 2.49. The number of H-pyrrole nitrogens is 1. The van der Waals surface area contributed by atoms with Crippen LogP contribution in [0.2, 0.25) is 0 Å². The first-order valence-electron chi connectivity index (χ1n) is 12.4. The summed E-state index contributed by atoms with van der Waals surface area (Å²) in [5.74, 6) is -4.36. The van der Waals surface area contributed by atoms with Crippen molar-refractivity contribution >= 4 is 35.3 Å². The summed E-state index contributed by atoms with van der Waals surface area (Å²) in [7, 11) is 0. The van der Waals surface area contributed by atoms with Crippen LogP contribution >= 0.6 is 0 Å². The molecular weight excluding hydrogens is 496 g/mol. The number of nitrogens with zero attached hydrogens (tertiary/aromatic N) is 4. The zero-order valence-corrected chi connectivity index (χ0v) is 21.0. The average Bonchev–Trinajstić information content (AvgIpc) is 3.37. The third-order valence-corrected chi connectivity index (χ3v) is 7.01. The summed E-state index contributed by atoms with van der Waals surface area (Å²) in [4.78, 5) is 64.3. The first-order valence-corrected chi connectivity index (χ1v) is 12.4. The van der Waals surface area contributed by atoms with Crippen molar-refractivity contribution < 1.29 is 29.1 Å². The molecule has 4 rings (SSSR count). The van der Waals surface area contributed by atoms with Gasteiger partial charge in [0, 0.05) is 12.1 Å². The third kappa shape index (κ3) is 5.79. The first-order chi connectivity index (χ1) is 18.2. The van der Waals surface area contributed by atoms with Crippen LogP contribution in [0.3, 0.4) is 0 Å². The second-order valence-electron chi connectivity index (χ2n) is 9.53. The van der Waals surface area contributed by atoms with Gasteiger partial charge in [-0.25, -0.2) is 0 Å². The predicted octanol–water partition coefficient (Wildman–Crippen LogP) is -0.858. The van der Waals surface area contributed by atoms with Crippen molar-refractivity contribution in [2.45, 2.75) is 51.7 Å². The van der Waals surface area contributed by atoms with E-state index in [1.807, 2.05) is 19.1 Å². The van der Waals surface area contributed by atoms with E-state index in [1.165, 1.54) is 4.90 Å². The minimum Gasteiger partial charge on any atom is -0.481 e. The van der Waals surface area contributed by atoms with E-state index >= 15 is 0 Å². The lowest BCUT2D eigenvalue weighted by molar-refractivity contribution is -0.140. The van der Waals surface area contributed by atoms with E-state index in [-0.39, 0.29) is 24.7 Å². The van der Waals surface area contributed by atoms with Crippen LogP contribution in [0.5, 0.6) is 0 Å². The number of carboxylic acids is 1. The number of aliphatic carboxylic acids is 1. The Morgan fingerprint density at radius 3 is 2.55 bits per heavy atom. The van der Waals surface area contributed by atoms with Gasteiger partial charge in [0.2, 0.25) is 23.6 Å². The van der Waals surface area contributed by atoms with Gasteiger partial charge in [0.15, 0.2) is 5.82 Å². The van der Waals surface area contributed by atoms with Crippen molar-refractivity contribution in [3.05, 3.63) is 35.7 Å². The summed E-state index contributed by atoms with van der Waals surface area (Å²) in [6.45, 7) is 3.28. The number of rotatable bonds is 11. The minimum atomic E-state index is -1.04. The van der Waals surface area contributed by atoms with E-state index < -0.39 is 60.1 Å². The Balaban J connectivity index is 1.41. The van der Waals surface area contributed by atoms with Crippen molar-refractivity contribution in [2.75, 3.05) is 11.4 Å². The van der Waals surface area contributed by atoms with Crippen molar-refractivity contribution in [2.24, 2.45) is 17.8 Å². The molecule has 1 aliphatic carbocycles. The molecule has 1 aromatic carbocycles. The van der Waals surface area contributed by atoms with Crippen LogP contribution in [0, 0.1) is 17.8 Å². The number of aromatic nitrogens is 4. The highest BCUT2D eigenvalue weighted by Crippen LogP contribution is 2.39. The average molecular weight is 527 g/mol. The van der Waals surface area contributed by atoms with Gasteiger partial charge in [0.05, 0.1) is 24.9 Å². The second kappa shape index (κ2) is 11.4. The van der Waals surface area contributed by atoms with E-state index in [9.17, 15) is 24.0 Å². The fourth-order valence-corrected chi connectivity index (χ4v) is 4.52. The number of aromatic amines is 1. The number of carbonyl (C=O) groups is 5. The van der Waals surface area contributed by atoms with Crippen LogP contribution in [-0.2, 0) is 36.9 Å². The summed E-state index contributed by atoms with van der Waals surface area (Å²) in [6.07, 6.45) is 1.10. The summed E-state index contributed by atoms with van der Waals surface area (Å²) in [5.41, 5.74) is 1.39. The molecule has 1 aliphatic heterocycles. The highest BCUT2D eigenvalue weighted by molar-refractivity contribution is 6.05. The summed E-state index contributed by atoms with van der Waals surface area (Å²) in [6, 6.07) is 5.37. The Bertz CT molecular complexity index is 1220. The number of hydrogen-bond donors (Lipinski definition) is 5. The molecule has 2 aliphatic rings. The molecule has 1 saturated carbocycles. The summed E-state index contributed by atoms with van der Waals surface area (Å²) in [5, 5.41) is 30.4. The van der Waals surface area contributed by atoms with Gasteiger partial charge in [-0.1, -0.05) is 43.7 Å². The monoisotopic (exact) mass is 526 g/mol. The largest absolute Gasteiger partial charge is 0.481 e. The molecule has 0 spiro atoms. The first kappa shape index (κ1) is 26.7. The number of carboxylic acid groups (broad SMARTS) is 1. The van der Waals surface area contributed by atoms with E-state index in [4.69, 9.17) is 5.11 Å². The number of benzene rings is 1. The number of tetrazole rings is 1. The summed E-state index contributed by atoms with van der Waals surface area (Å²) < 4.78 is 0. The van der Waals surface area contributed by atoms with E-state index in [0.29, 0.717) is 18.5 Å². The molecule has 5 N–H and O–H groups in total. The van der Waals surface area contributed by atoms with E-state index in [2.05, 4.69) is 36.6 Å². The Hall–Kier alpha value is -4.36. The lowest BCUT2D eigenvalue weighted by atomic mass is 9.98. The van der Waals surface area contributed by atoms with Gasteiger partial charge < -0.3 is 21.1 Å². The molecule has 0 saturated heterocycles. The molecule has 1 fully saturated rings. The van der Waals surface area contributed by atoms with Crippen LogP contribution in [0.1, 0.15) is 38.1 Å². The minimum absolute atomic E-state index is 0.0287. The maximum atomic E-state index is 13.3. The van der Waals surface area contributed by atoms with Crippen LogP contribution in [0.25, 0.3) is 0 Å². The number of para-hydroxylation sites is 1. The maximum absolute atomic E-state index is 13.3. The summed E-state index contributed by atoms with van der Waals surface area (Å²) >= 11 is 0. The molecule has 202 valence electrons. The van der Waals surface area contributed by atoms with Crippen LogP contribution < -0.4 is 20.9 Å². The maximum Gasteiger partial charge on any atom is 0.307 e. The fraction of sp³-hybridized carbons (Fsp3) is 0.500. The normalized spacial score (nSPS) is 21.1. The predicted molar refractivity (Wildman–Crippen MR) is 131 cm³/mol. The van der Waals surface area contributed by atoms with Gasteiger partial charge in [-0.2, -0.15) is 5.21 Å². The topological polar surface area (TPSA) is 199 Å². The Kier molecular flexibility index (Phi) is 7.98. The quantitative estimate of drug-likeness (QED) is 0.247. The lowest BCUT2D eigenvalue weighted by Crippen LogP contribution is -2.54. The Morgan fingerprint density at radius 2 is 1.89 bits per heavy atom. The molecular formula is C24H30N8O6. The molecule has 0 radical (unpaired) electrons. The standard InChI is InChI=1S/C24H30N8O6/c1-3-12(2)20(27-21(34)14-9-15(14)24(37)38)23(36)26-11-19(33)32-16-7-5-4-6-13(16)8-17(32)22(35)25-10-18-28-30-31-29-18/h4-7,12,14-15,17,20H,3,8-11H2,1-2H3,(H,25,35)(H,26,36)(H,27,34)(H,37,38)(H,28,29,30,31)/t12-,14-,15+,17-,20-/m0/s1. The van der Waals surface area contributed by atoms with Crippen molar-refractivity contribution in [1.29, 1.82) is 0 Å². The Morgan fingerprint density at radius 1 is 1.13 bits per heavy atom. The Labute approximate surface area is 217 Å². The molecule has 0 unspecified atom stereocenters. The molecule has 14 nitrogen and oxygen atoms in total. The molecule has 4 amide bonds. The molecule has 2 aromatic rings. The van der Waals surface area contributed by atoms with Crippen LogP contribution in [-0.4, -0.2) is 74.0 Å². The number of hydrogen-bond acceptors (Lipinski definition) is 8. The van der Waals surface area contributed by atoms with Gasteiger partial charge in [0.1, 0.15) is 12.1 Å². The van der Waals surface area contributed by atoms with Gasteiger partial charge in [0.25, 0.3) is 0 Å². The number of amides is 4. The van der Waals surface area contributed by atoms with Gasteiger partial charge in [-0.15, -0.1) is 10.2 Å². The van der Waals surface area contributed by atoms with Gasteiger partial charge >= 0.3 is 5.97 Å². The SMILES string of the molecule is CC[C@H](C)[C@H](NC(=O)[C@H]1C[C@H]1C(=O)O)C(=O)NCC(=O)N1c2ccccc2C[C@H]1C(=O)NCc1nn[nH]n1. The number of fused-ring (bicyclic) bond motifs is 1. The number of nitrogens with one attached hydrogen (secondary N) is 4. The smallest absolute Gasteiger partial charge is 0.307 e. The van der Waals surface area contributed by atoms with Crippen molar-refractivity contribution in [3.63, 3.8) is 0 Å². The van der Waals surface area contributed by atoms with E-state index in [1.54, 1.807) is 19.1 Å². The van der Waals surface area contributed by atoms with Crippen LogP contribution in [0.15, 0.2) is 24.3 Å². The van der Waals surface area contributed by atoms with Gasteiger partial charge in [-0.05, 0) is 24.0 Å². The zero-order chi connectivity index (χ0) is 27.4. The third-order valence-electron chi connectivity index (χ3n) is 7.01. The van der Waals surface area contributed by atoms with Crippen molar-refractivity contribution in [1.82, 2.24) is 36.6 Å². The van der Waals surface area contributed by atoms with E-state index in [0.717, 1.165) is 5.56 Å². The number of anilines is 1. The molecule has 5 atom stereocenters. The van der Waals surface area contributed by atoms with Gasteiger partial charge in [-0.3, -0.25) is 28.9 Å². The highest BCUT2D eigenvalue weighted by atomic mass is 16.4. The molecule has 38 heavy (non-hydrogen) atoms. The molecule has 1 aromatic heterocycles. The fourth-order valence-electron chi connectivity index (χ4n) is 4.52. The van der Waals surface area contributed by atoms with Crippen molar-refractivity contribution in [3.8, 4) is 0 Å². The zero-order valence-electron chi connectivity index (χ0n) is 21.0. The molecule has 0 bridgehead atoms. The second-order valence-corrected chi connectivity index (χ2v) is 9.53.